The third kappa shape index (κ3) is 4.13. The average Bonchev–Trinajstić information content (AvgIpc) is 2.44. The van der Waals surface area contributed by atoms with Gasteiger partial charge in [-0.05, 0) is 6.42 Å². The van der Waals surface area contributed by atoms with Crippen molar-refractivity contribution in [3.8, 4) is 0 Å². The zero-order valence-electron chi connectivity index (χ0n) is 10.5. The number of anilines is 1. The van der Waals surface area contributed by atoms with E-state index in [1.165, 1.54) is 0 Å². The van der Waals surface area contributed by atoms with Crippen LogP contribution in [0.3, 0.4) is 0 Å². The van der Waals surface area contributed by atoms with Gasteiger partial charge >= 0.3 is 5.97 Å². The molecule has 9 heteroatoms. The Labute approximate surface area is 130 Å². The van der Waals surface area contributed by atoms with E-state index in [1.54, 1.807) is 0 Å². The van der Waals surface area contributed by atoms with E-state index in [9.17, 15) is 9.59 Å². The van der Waals surface area contributed by atoms with Crippen LogP contribution in [-0.4, -0.2) is 30.0 Å². The number of nitrogens with zero attached hydrogens (tertiary/aromatic N) is 1. The van der Waals surface area contributed by atoms with Crippen LogP contribution < -0.4 is 11.1 Å². The monoisotopic (exact) mass is 339 g/mol. The lowest BCUT2D eigenvalue weighted by Gasteiger charge is -2.09. The molecule has 0 aliphatic heterocycles. The number of carbonyl (C=O) groups excluding carboxylic acids is 2. The number of ether oxygens (including phenoxy) is 1. The lowest BCUT2D eigenvalue weighted by Crippen LogP contribution is -2.29. The summed E-state index contributed by atoms with van der Waals surface area (Å²) in [7, 11) is 0. The van der Waals surface area contributed by atoms with Crippen molar-refractivity contribution in [3.63, 3.8) is 0 Å². The molecule has 0 radical (unpaired) electrons. The van der Waals surface area contributed by atoms with E-state index in [0.717, 1.165) is 6.42 Å². The molecule has 0 saturated heterocycles. The van der Waals surface area contributed by atoms with Gasteiger partial charge in [0.05, 0.1) is 10.7 Å². The van der Waals surface area contributed by atoms with Crippen LogP contribution in [0.25, 0.3) is 0 Å². The maximum absolute atomic E-state index is 11.8. The van der Waals surface area contributed by atoms with Crippen molar-refractivity contribution >= 4 is 52.4 Å². The number of rotatable bonds is 5. The predicted molar refractivity (Wildman–Crippen MR) is 77.3 cm³/mol. The molecule has 20 heavy (non-hydrogen) atoms. The first-order valence-electron chi connectivity index (χ1n) is 5.62. The standard InChI is InChI=1S/C11H12Cl3N3O3/c1-2-3-16-5(18)4-20-11(19)9-6(12)8(15)7(13)10(14)17-9/h2-4H2,1H3,(H2,15,17)(H,16,18). The van der Waals surface area contributed by atoms with Gasteiger partial charge in [0, 0.05) is 6.54 Å². The summed E-state index contributed by atoms with van der Waals surface area (Å²) in [6.45, 7) is 1.95. The lowest BCUT2D eigenvalue weighted by molar-refractivity contribution is -0.124. The maximum Gasteiger partial charge on any atom is 0.359 e. The summed E-state index contributed by atoms with van der Waals surface area (Å²) in [6.07, 6.45) is 0.774. The minimum Gasteiger partial charge on any atom is -0.451 e. The van der Waals surface area contributed by atoms with Gasteiger partial charge in [-0.1, -0.05) is 41.7 Å². The minimum atomic E-state index is -0.910. The van der Waals surface area contributed by atoms with Gasteiger partial charge in [-0.3, -0.25) is 4.79 Å². The average molecular weight is 341 g/mol. The van der Waals surface area contributed by atoms with Crippen LogP contribution in [0.5, 0.6) is 0 Å². The van der Waals surface area contributed by atoms with E-state index in [2.05, 4.69) is 10.3 Å². The Morgan fingerprint density at radius 1 is 1.30 bits per heavy atom. The molecule has 0 spiro atoms. The molecule has 0 unspecified atom stereocenters. The first-order chi connectivity index (χ1) is 9.38. The molecule has 0 aromatic carbocycles. The van der Waals surface area contributed by atoms with Crippen LogP contribution in [0.15, 0.2) is 0 Å². The van der Waals surface area contributed by atoms with E-state index >= 15 is 0 Å². The largest absolute Gasteiger partial charge is 0.451 e. The molecular formula is C11H12Cl3N3O3. The van der Waals surface area contributed by atoms with E-state index in [4.69, 9.17) is 45.3 Å². The lowest BCUT2D eigenvalue weighted by atomic mass is 10.3. The molecule has 1 aromatic rings. The number of aromatic nitrogens is 1. The van der Waals surface area contributed by atoms with Crippen molar-refractivity contribution in [2.75, 3.05) is 18.9 Å². The fourth-order valence-electron chi connectivity index (χ4n) is 1.18. The number of pyridine rings is 1. The predicted octanol–water partition coefficient (Wildman–Crippen LogP) is 2.31. The highest BCUT2D eigenvalue weighted by Gasteiger charge is 2.21. The maximum atomic E-state index is 11.8. The van der Waals surface area contributed by atoms with E-state index in [0.29, 0.717) is 6.54 Å². The third-order valence-electron chi connectivity index (χ3n) is 2.17. The first kappa shape index (κ1) is 16.8. The molecule has 1 aromatic heterocycles. The summed E-state index contributed by atoms with van der Waals surface area (Å²) in [5.74, 6) is -1.34. The second-order valence-electron chi connectivity index (χ2n) is 3.72. The highest BCUT2D eigenvalue weighted by Crippen LogP contribution is 2.34. The molecule has 0 saturated carbocycles. The Balaban J connectivity index is 2.76. The molecular weight excluding hydrogens is 328 g/mol. The van der Waals surface area contributed by atoms with Gasteiger partial charge in [-0.25, -0.2) is 9.78 Å². The van der Waals surface area contributed by atoms with Crippen LogP contribution in [0.4, 0.5) is 5.69 Å². The van der Waals surface area contributed by atoms with E-state index in [1.807, 2.05) is 6.92 Å². The smallest absolute Gasteiger partial charge is 0.359 e. The van der Waals surface area contributed by atoms with Gasteiger partial charge in [-0.15, -0.1) is 0 Å². The van der Waals surface area contributed by atoms with Crippen LogP contribution in [0.2, 0.25) is 15.2 Å². The quantitative estimate of drug-likeness (QED) is 0.633. The van der Waals surface area contributed by atoms with Gasteiger partial charge in [0.25, 0.3) is 5.91 Å². The van der Waals surface area contributed by atoms with Crippen molar-refractivity contribution in [1.82, 2.24) is 10.3 Å². The fourth-order valence-corrected chi connectivity index (χ4v) is 1.77. The molecule has 0 aliphatic carbocycles. The highest BCUT2D eigenvalue weighted by atomic mass is 35.5. The topological polar surface area (TPSA) is 94.3 Å². The second-order valence-corrected chi connectivity index (χ2v) is 4.83. The van der Waals surface area contributed by atoms with Crippen LogP contribution in [-0.2, 0) is 9.53 Å². The third-order valence-corrected chi connectivity index (χ3v) is 3.31. The van der Waals surface area contributed by atoms with Gasteiger partial charge in [0.1, 0.15) is 5.02 Å². The Morgan fingerprint density at radius 2 is 1.95 bits per heavy atom. The number of carbonyl (C=O) groups is 2. The van der Waals surface area contributed by atoms with Crippen LogP contribution in [0.1, 0.15) is 23.8 Å². The Kier molecular flexibility index (Phi) is 6.32. The summed E-state index contributed by atoms with van der Waals surface area (Å²) in [5, 5.41) is 2.16. The number of nitrogens with two attached hydrogens (primary N) is 1. The van der Waals surface area contributed by atoms with Crippen LogP contribution >= 0.6 is 34.8 Å². The number of amides is 1. The number of hydrogen-bond acceptors (Lipinski definition) is 5. The fraction of sp³-hybridized carbons (Fsp3) is 0.364. The number of halogens is 3. The Morgan fingerprint density at radius 3 is 2.55 bits per heavy atom. The molecule has 110 valence electrons. The van der Waals surface area contributed by atoms with Gasteiger partial charge in [-0.2, -0.15) is 0 Å². The van der Waals surface area contributed by atoms with E-state index in [-0.39, 0.29) is 26.6 Å². The summed E-state index contributed by atoms with van der Waals surface area (Å²) in [4.78, 5) is 26.7. The van der Waals surface area contributed by atoms with Crippen molar-refractivity contribution in [1.29, 1.82) is 0 Å². The van der Waals surface area contributed by atoms with E-state index < -0.39 is 18.5 Å². The van der Waals surface area contributed by atoms with Crippen molar-refractivity contribution in [3.05, 3.63) is 20.9 Å². The van der Waals surface area contributed by atoms with Crippen molar-refractivity contribution in [2.45, 2.75) is 13.3 Å². The molecule has 3 N–H and O–H groups in total. The number of nitrogens with one attached hydrogen (secondary N) is 1. The summed E-state index contributed by atoms with van der Waals surface area (Å²) >= 11 is 17.3. The first-order valence-corrected chi connectivity index (χ1v) is 6.75. The molecule has 1 amide bonds. The van der Waals surface area contributed by atoms with Gasteiger partial charge < -0.3 is 15.8 Å². The SMILES string of the molecule is CCCNC(=O)COC(=O)c1nc(Cl)c(Cl)c(N)c1Cl. The number of esters is 1. The molecule has 0 fully saturated rings. The van der Waals surface area contributed by atoms with Crippen LogP contribution in [0, 0.1) is 0 Å². The highest BCUT2D eigenvalue weighted by molar-refractivity contribution is 6.46. The zero-order chi connectivity index (χ0) is 15.3. The summed E-state index contributed by atoms with van der Waals surface area (Å²) in [5.41, 5.74) is 5.20. The number of hydrogen-bond donors (Lipinski definition) is 2. The summed E-state index contributed by atoms with van der Waals surface area (Å²) in [6, 6.07) is 0. The van der Waals surface area contributed by atoms with Gasteiger partial charge in [0.15, 0.2) is 17.5 Å². The van der Waals surface area contributed by atoms with Crippen molar-refractivity contribution in [2.24, 2.45) is 0 Å². The van der Waals surface area contributed by atoms with Gasteiger partial charge in [0.2, 0.25) is 0 Å². The number of nitrogen functional groups attached to an aromatic ring is 1. The zero-order valence-corrected chi connectivity index (χ0v) is 12.8. The van der Waals surface area contributed by atoms with Crippen molar-refractivity contribution < 1.29 is 14.3 Å². The Hall–Kier alpha value is -1.24. The summed E-state index contributed by atoms with van der Waals surface area (Å²) < 4.78 is 4.76. The molecule has 0 bridgehead atoms. The Bertz CT molecular complexity index is 537. The molecule has 0 aliphatic rings. The molecule has 0 atom stereocenters. The molecule has 1 heterocycles. The molecule has 1 rings (SSSR count). The molecule has 6 nitrogen and oxygen atoms in total. The second kappa shape index (κ2) is 7.52. The minimum absolute atomic E-state index is 0.0473. The normalized spacial score (nSPS) is 10.2.